The smallest absolute Gasteiger partial charge is 0.291 e. The van der Waals surface area contributed by atoms with E-state index < -0.39 is 0 Å². The highest BCUT2D eigenvalue weighted by atomic mass is 16.2. The van der Waals surface area contributed by atoms with Crippen LogP contribution in [0.3, 0.4) is 0 Å². The van der Waals surface area contributed by atoms with Crippen LogP contribution in [0.2, 0.25) is 0 Å². The number of fused-ring (bicyclic) bond motifs is 1. The van der Waals surface area contributed by atoms with E-state index in [2.05, 4.69) is 45.6 Å². The Kier molecular flexibility index (Phi) is 3.99. The van der Waals surface area contributed by atoms with Gasteiger partial charge in [-0.3, -0.25) is 9.89 Å². The first-order valence-electron chi connectivity index (χ1n) is 7.58. The van der Waals surface area contributed by atoms with Crippen LogP contribution < -0.4 is 5.32 Å². The van der Waals surface area contributed by atoms with E-state index in [0.29, 0.717) is 0 Å². The lowest BCUT2D eigenvalue weighted by atomic mass is 9.88. The number of nitrogens with one attached hydrogen (secondary N) is 2. The van der Waals surface area contributed by atoms with Crippen molar-refractivity contribution in [3.05, 3.63) is 47.0 Å². The Bertz CT molecular complexity index is 635. The maximum Gasteiger partial charge on any atom is 0.291 e. The Balaban J connectivity index is 1.73. The normalized spacial score (nSPS) is 17.3. The van der Waals surface area contributed by atoms with Gasteiger partial charge in [-0.2, -0.15) is 0 Å². The summed E-state index contributed by atoms with van der Waals surface area (Å²) in [5.41, 5.74) is 2.55. The van der Waals surface area contributed by atoms with E-state index >= 15 is 0 Å². The van der Waals surface area contributed by atoms with Gasteiger partial charge < -0.3 is 5.32 Å². The fourth-order valence-corrected chi connectivity index (χ4v) is 2.87. The molecule has 1 unspecified atom stereocenters. The van der Waals surface area contributed by atoms with Gasteiger partial charge in [0.15, 0.2) is 0 Å². The summed E-state index contributed by atoms with van der Waals surface area (Å²) in [5, 5.41) is 9.89. The highest BCUT2D eigenvalue weighted by Crippen LogP contribution is 2.29. The first kappa shape index (κ1) is 13.8. The lowest BCUT2D eigenvalue weighted by Crippen LogP contribution is -2.31. The summed E-state index contributed by atoms with van der Waals surface area (Å²) in [6.07, 6.45) is 4.94. The van der Waals surface area contributed by atoms with Gasteiger partial charge in [-0.1, -0.05) is 31.2 Å². The molecule has 5 nitrogen and oxygen atoms in total. The molecule has 0 saturated heterocycles. The molecule has 1 aliphatic carbocycles. The molecular formula is C16H20N4O. The number of benzene rings is 1. The standard InChI is InChI=1S/C16H20N4O/c1-2-6-14-18-15(20-19-14)16(21)17-13-10-5-8-11-7-3-4-9-12(11)13/h3-4,7,9,13H,2,5-6,8,10H2,1H3,(H,17,21)(H,18,19,20). The maximum absolute atomic E-state index is 12.3. The number of aryl methyl sites for hydroxylation is 2. The fraction of sp³-hybridized carbons (Fsp3) is 0.438. The van der Waals surface area contributed by atoms with E-state index in [9.17, 15) is 4.79 Å². The first-order valence-corrected chi connectivity index (χ1v) is 7.58. The molecule has 1 atom stereocenters. The number of amides is 1. The van der Waals surface area contributed by atoms with E-state index in [1.165, 1.54) is 11.1 Å². The third-order valence-corrected chi connectivity index (χ3v) is 3.90. The van der Waals surface area contributed by atoms with Gasteiger partial charge in [-0.05, 0) is 36.8 Å². The number of aromatic amines is 1. The summed E-state index contributed by atoms with van der Waals surface area (Å²) in [7, 11) is 0. The average molecular weight is 284 g/mol. The van der Waals surface area contributed by atoms with E-state index in [4.69, 9.17) is 0 Å². The molecule has 0 aliphatic heterocycles. The average Bonchev–Trinajstić information content (AvgIpc) is 2.97. The van der Waals surface area contributed by atoms with Crippen molar-refractivity contribution in [2.75, 3.05) is 0 Å². The maximum atomic E-state index is 12.3. The summed E-state index contributed by atoms with van der Waals surface area (Å²) in [5.74, 6) is 0.809. The number of rotatable bonds is 4. The van der Waals surface area contributed by atoms with Crippen molar-refractivity contribution in [1.82, 2.24) is 20.5 Å². The third-order valence-electron chi connectivity index (χ3n) is 3.90. The van der Waals surface area contributed by atoms with Crippen molar-refractivity contribution >= 4 is 5.91 Å². The molecule has 110 valence electrons. The predicted molar refractivity (Wildman–Crippen MR) is 80.0 cm³/mol. The van der Waals surface area contributed by atoms with Crippen LogP contribution in [0.15, 0.2) is 24.3 Å². The van der Waals surface area contributed by atoms with Crippen molar-refractivity contribution in [2.24, 2.45) is 0 Å². The van der Waals surface area contributed by atoms with Crippen LogP contribution in [0, 0.1) is 0 Å². The van der Waals surface area contributed by atoms with Gasteiger partial charge >= 0.3 is 0 Å². The van der Waals surface area contributed by atoms with Gasteiger partial charge in [0.25, 0.3) is 5.91 Å². The summed E-state index contributed by atoms with van der Waals surface area (Å²) in [6.45, 7) is 2.07. The van der Waals surface area contributed by atoms with E-state index in [1.54, 1.807) is 0 Å². The minimum absolute atomic E-state index is 0.0653. The SMILES string of the molecule is CCCc1nc(C(=O)NC2CCCc3ccccc32)n[nH]1. The molecule has 0 fully saturated rings. The van der Waals surface area contributed by atoms with E-state index in [0.717, 1.165) is 37.9 Å². The Labute approximate surface area is 124 Å². The number of carbonyl (C=O) groups excluding carboxylic acids is 1. The second-order valence-electron chi connectivity index (χ2n) is 5.47. The Morgan fingerprint density at radius 2 is 2.29 bits per heavy atom. The van der Waals surface area contributed by atoms with Gasteiger partial charge in [-0.15, -0.1) is 5.10 Å². The van der Waals surface area contributed by atoms with Gasteiger partial charge in [-0.25, -0.2) is 4.98 Å². The summed E-state index contributed by atoms with van der Waals surface area (Å²) >= 11 is 0. The zero-order chi connectivity index (χ0) is 14.7. The van der Waals surface area contributed by atoms with Crippen LogP contribution in [0.1, 0.15) is 59.8 Å². The molecule has 1 aromatic heterocycles. The molecule has 2 N–H and O–H groups in total. The third kappa shape index (κ3) is 2.96. The molecule has 0 radical (unpaired) electrons. The topological polar surface area (TPSA) is 70.7 Å². The first-order chi connectivity index (χ1) is 10.3. The molecule has 1 heterocycles. The van der Waals surface area contributed by atoms with Crippen molar-refractivity contribution in [3.8, 4) is 0 Å². The zero-order valence-electron chi connectivity index (χ0n) is 12.2. The molecule has 1 aliphatic rings. The molecule has 21 heavy (non-hydrogen) atoms. The number of nitrogens with zero attached hydrogens (tertiary/aromatic N) is 2. The van der Waals surface area contributed by atoms with Crippen LogP contribution in [-0.2, 0) is 12.8 Å². The minimum Gasteiger partial charge on any atom is -0.342 e. The lowest BCUT2D eigenvalue weighted by Gasteiger charge is -2.25. The molecule has 0 spiro atoms. The van der Waals surface area contributed by atoms with E-state index in [1.807, 2.05) is 6.07 Å². The molecule has 1 amide bonds. The molecule has 0 saturated carbocycles. The molecule has 0 bridgehead atoms. The highest BCUT2D eigenvalue weighted by molar-refractivity contribution is 5.90. The van der Waals surface area contributed by atoms with Crippen LogP contribution in [0.4, 0.5) is 0 Å². The number of hydrogen-bond donors (Lipinski definition) is 2. The Morgan fingerprint density at radius 3 is 3.14 bits per heavy atom. The van der Waals surface area contributed by atoms with Crippen molar-refractivity contribution in [1.29, 1.82) is 0 Å². The predicted octanol–water partition coefficient (Wildman–Crippen LogP) is 2.56. The van der Waals surface area contributed by atoms with Gasteiger partial charge in [0.05, 0.1) is 6.04 Å². The van der Waals surface area contributed by atoms with Crippen LogP contribution >= 0.6 is 0 Å². The van der Waals surface area contributed by atoms with Crippen molar-refractivity contribution in [3.63, 3.8) is 0 Å². The quantitative estimate of drug-likeness (QED) is 0.906. The Morgan fingerprint density at radius 1 is 1.43 bits per heavy atom. The highest BCUT2D eigenvalue weighted by Gasteiger charge is 2.23. The molecular weight excluding hydrogens is 264 g/mol. The Hall–Kier alpha value is -2.17. The van der Waals surface area contributed by atoms with Gasteiger partial charge in [0, 0.05) is 6.42 Å². The van der Waals surface area contributed by atoms with Crippen molar-refractivity contribution in [2.45, 2.75) is 45.1 Å². The van der Waals surface area contributed by atoms with Gasteiger partial charge in [0.1, 0.15) is 5.82 Å². The molecule has 5 heteroatoms. The second kappa shape index (κ2) is 6.08. The van der Waals surface area contributed by atoms with E-state index in [-0.39, 0.29) is 17.8 Å². The number of aromatic nitrogens is 3. The van der Waals surface area contributed by atoms with Crippen LogP contribution in [-0.4, -0.2) is 21.1 Å². The van der Waals surface area contributed by atoms with Crippen LogP contribution in [0.5, 0.6) is 0 Å². The second-order valence-corrected chi connectivity index (χ2v) is 5.47. The lowest BCUT2D eigenvalue weighted by molar-refractivity contribution is 0.0922. The minimum atomic E-state index is -0.199. The molecule has 1 aromatic carbocycles. The number of hydrogen-bond acceptors (Lipinski definition) is 3. The molecule has 3 rings (SSSR count). The van der Waals surface area contributed by atoms with Crippen LogP contribution in [0.25, 0.3) is 0 Å². The monoisotopic (exact) mass is 284 g/mol. The van der Waals surface area contributed by atoms with Gasteiger partial charge in [0.2, 0.25) is 5.82 Å². The largest absolute Gasteiger partial charge is 0.342 e. The summed E-state index contributed by atoms with van der Waals surface area (Å²) in [4.78, 5) is 16.5. The summed E-state index contributed by atoms with van der Waals surface area (Å²) < 4.78 is 0. The fourth-order valence-electron chi connectivity index (χ4n) is 2.87. The zero-order valence-corrected chi connectivity index (χ0v) is 12.2. The summed E-state index contributed by atoms with van der Waals surface area (Å²) in [6, 6.07) is 8.38. The number of carbonyl (C=O) groups is 1. The molecule has 2 aromatic rings. The number of H-pyrrole nitrogens is 1. The van der Waals surface area contributed by atoms with Crippen molar-refractivity contribution < 1.29 is 4.79 Å².